The van der Waals surface area contributed by atoms with Gasteiger partial charge in [-0.1, -0.05) is 0 Å². The molecule has 0 bridgehead atoms. The lowest BCUT2D eigenvalue weighted by molar-refractivity contribution is 0.188. The van der Waals surface area contributed by atoms with Crippen molar-refractivity contribution >= 4 is 5.82 Å². The molecule has 0 aliphatic carbocycles. The molecular formula is C11H18N4O3. The Bertz CT molecular complexity index is 483. The van der Waals surface area contributed by atoms with Crippen molar-refractivity contribution in [1.29, 1.82) is 0 Å². The zero-order valence-electron chi connectivity index (χ0n) is 10.4. The number of aromatic nitrogens is 2. The molecule has 18 heavy (non-hydrogen) atoms. The van der Waals surface area contributed by atoms with E-state index >= 15 is 0 Å². The second-order valence-electron chi connectivity index (χ2n) is 4.41. The van der Waals surface area contributed by atoms with Crippen LogP contribution in [0.5, 0.6) is 0 Å². The molecular weight excluding hydrogens is 236 g/mol. The predicted molar refractivity (Wildman–Crippen MR) is 68.0 cm³/mol. The summed E-state index contributed by atoms with van der Waals surface area (Å²) in [5, 5.41) is 8.86. The SMILES string of the molecule is Cn1c(=O)cc(N2CCN(CCO)CC2)[nH]c1=O. The molecule has 0 amide bonds. The fourth-order valence-corrected chi connectivity index (χ4v) is 2.07. The van der Waals surface area contributed by atoms with Crippen LogP contribution in [0.2, 0.25) is 0 Å². The minimum absolute atomic E-state index is 0.155. The molecule has 0 saturated carbocycles. The molecule has 1 aromatic rings. The summed E-state index contributed by atoms with van der Waals surface area (Å²) in [6.07, 6.45) is 0. The number of anilines is 1. The molecule has 0 spiro atoms. The number of piperazine rings is 1. The van der Waals surface area contributed by atoms with Crippen LogP contribution in [0.15, 0.2) is 15.7 Å². The van der Waals surface area contributed by atoms with Crippen molar-refractivity contribution in [1.82, 2.24) is 14.5 Å². The Kier molecular flexibility index (Phi) is 3.83. The summed E-state index contributed by atoms with van der Waals surface area (Å²) in [5.74, 6) is 0.576. The van der Waals surface area contributed by atoms with Crippen molar-refractivity contribution in [3.63, 3.8) is 0 Å². The number of aromatic amines is 1. The third kappa shape index (κ3) is 2.62. The van der Waals surface area contributed by atoms with Gasteiger partial charge in [-0.15, -0.1) is 0 Å². The molecule has 0 atom stereocenters. The Morgan fingerprint density at radius 1 is 1.28 bits per heavy atom. The third-order valence-electron chi connectivity index (χ3n) is 3.26. The largest absolute Gasteiger partial charge is 0.395 e. The van der Waals surface area contributed by atoms with Gasteiger partial charge >= 0.3 is 5.69 Å². The molecule has 1 fully saturated rings. The van der Waals surface area contributed by atoms with Gasteiger partial charge in [0, 0.05) is 45.8 Å². The molecule has 0 unspecified atom stereocenters. The lowest BCUT2D eigenvalue weighted by Crippen LogP contribution is -2.48. The van der Waals surface area contributed by atoms with E-state index in [0.29, 0.717) is 12.4 Å². The maximum absolute atomic E-state index is 11.5. The van der Waals surface area contributed by atoms with Gasteiger partial charge in [0.05, 0.1) is 6.61 Å². The van der Waals surface area contributed by atoms with Gasteiger partial charge in [0.1, 0.15) is 5.82 Å². The van der Waals surface area contributed by atoms with E-state index in [9.17, 15) is 9.59 Å². The molecule has 1 aliphatic heterocycles. The fourth-order valence-electron chi connectivity index (χ4n) is 2.07. The Hall–Kier alpha value is -1.60. The molecule has 0 aromatic carbocycles. The minimum Gasteiger partial charge on any atom is -0.395 e. The highest BCUT2D eigenvalue weighted by Crippen LogP contribution is 2.09. The second-order valence-corrected chi connectivity index (χ2v) is 4.41. The number of nitrogens with one attached hydrogen (secondary N) is 1. The molecule has 7 nitrogen and oxygen atoms in total. The van der Waals surface area contributed by atoms with Crippen LogP contribution in [0.4, 0.5) is 5.82 Å². The van der Waals surface area contributed by atoms with E-state index in [2.05, 4.69) is 9.88 Å². The molecule has 100 valence electrons. The average Bonchev–Trinajstić information content (AvgIpc) is 2.37. The van der Waals surface area contributed by atoms with Crippen molar-refractivity contribution in [3.8, 4) is 0 Å². The van der Waals surface area contributed by atoms with Crippen LogP contribution in [-0.4, -0.2) is 58.9 Å². The molecule has 1 aromatic heterocycles. The lowest BCUT2D eigenvalue weighted by atomic mass is 10.3. The first-order valence-electron chi connectivity index (χ1n) is 6.00. The summed E-state index contributed by atoms with van der Waals surface area (Å²) in [5.41, 5.74) is -0.693. The van der Waals surface area contributed by atoms with Crippen LogP contribution < -0.4 is 16.1 Å². The van der Waals surface area contributed by atoms with Gasteiger partial charge in [0.15, 0.2) is 0 Å². The smallest absolute Gasteiger partial charge is 0.329 e. The van der Waals surface area contributed by atoms with Crippen LogP contribution in [0.25, 0.3) is 0 Å². The minimum atomic E-state index is -0.393. The summed E-state index contributed by atoms with van der Waals surface area (Å²) < 4.78 is 1.05. The number of aliphatic hydroxyl groups excluding tert-OH is 1. The number of β-amino-alcohol motifs (C(OH)–C–C–N with tert-alkyl or cyclic N) is 1. The van der Waals surface area contributed by atoms with Crippen molar-refractivity contribution in [2.24, 2.45) is 7.05 Å². The van der Waals surface area contributed by atoms with E-state index in [1.54, 1.807) is 0 Å². The fraction of sp³-hybridized carbons (Fsp3) is 0.636. The topological polar surface area (TPSA) is 81.6 Å². The molecule has 2 N–H and O–H groups in total. The first kappa shape index (κ1) is 12.8. The summed E-state index contributed by atoms with van der Waals surface area (Å²) in [7, 11) is 1.45. The van der Waals surface area contributed by atoms with Gasteiger partial charge in [0.2, 0.25) is 0 Å². The molecule has 1 aliphatic rings. The Balaban J connectivity index is 2.10. The molecule has 0 radical (unpaired) electrons. The highest BCUT2D eigenvalue weighted by Gasteiger charge is 2.17. The number of rotatable bonds is 3. The predicted octanol–water partition coefficient (Wildman–Crippen LogP) is -1.81. The van der Waals surface area contributed by atoms with E-state index < -0.39 is 5.69 Å². The summed E-state index contributed by atoms with van der Waals surface area (Å²) in [4.78, 5) is 29.9. The Morgan fingerprint density at radius 2 is 1.94 bits per heavy atom. The van der Waals surface area contributed by atoms with E-state index in [4.69, 9.17) is 5.11 Å². The second kappa shape index (κ2) is 5.36. The molecule has 7 heteroatoms. The number of nitrogens with zero attached hydrogens (tertiary/aromatic N) is 3. The first-order valence-corrected chi connectivity index (χ1v) is 6.00. The molecule has 2 rings (SSSR count). The van der Waals surface area contributed by atoms with Crippen LogP contribution in [-0.2, 0) is 7.05 Å². The van der Waals surface area contributed by atoms with Crippen LogP contribution in [0.3, 0.4) is 0 Å². The number of hydrogen-bond donors (Lipinski definition) is 2. The van der Waals surface area contributed by atoms with Crippen molar-refractivity contribution in [2.45, 2.75) is 0 Å². The van der Waals surface area contributed by atoms with Crippen molar-refractivity contribution in [2.75, 3.05) is 44.2 Å². The van der Waals surface area contributed by atoms with Crippen molar-refractivity contribution in [3.05, 3.63) is 26.9 Å². The number of aliphatic hydroxyl groups is 1. The standard InChI is InChI=1S/C11H18N4O3/c1-13-10(17)8-9(12-11(13)18)15-4-2-14(3-5-15)6-7-16/h8,16H,2-7H2,1H3,(H,12,18). The Morgan fingerprint density at radius 3 is 2.50 bits per heavy atom. The van der Waals surface area contributed by atoms with Crippen molar-refractivity contribution < 1.29 is 5.11 Å². The third-order valence-corrected chi connectivity index (χ3v) is 3.26. The maximum atomic E-state index is 11.5. The number of H-pyrrole nitrogens is 1. The van der Waals surface area contributed by atoms with Crippen LogP contribution in [0.1, 0.15) is 0 Å². The van der Waals surface area contributed by atoms with Gasteiger partial charge in [-0.25, -0.2) is 4.79 Å². The van der Waals surface area contributed by atoms with E-state index in [0.717, 1.165) is 30.7 Å². The van der Waals surface area contributed by atoms with Crippen LogP contribution >= 0.6 is 0 Å². The zero-order chi connectivity index (χ0) is 13.1. The van der Waals surface area contributed by atoms with E-state index in [-0.39, 0.29) is 12.2 Å². The zero-order valence-corrected chi connectivity index (χ0v) is 10.4. The monoisotopic (exact) mass is 254 g/mol. The maximum Gasteiger partial charge on any atom is 0.329 e. The van der Waals surface area contributed by atoms with Gasteiger partial charge < -0.3 is 10.0 Å². The normalized spacial score (nSPS) is 17.1. The lowest BCUT2D eigenvalue weighted by Gasteiger charge is -2.35. The van der Waals surface area contributed by atoms with Gasteiger partial charge in [-0.3, -0.25) is 19.2 Å². The van der Waals surface area contributed by atoms with E-state index in [1.807, 2.05) is 4.90 Å². The van der Waals surface area contributed by atoms with E-state index in [1.165, 1.54) is 13.1 Å². The number of hydrogen-bond acceptors (Lipinski definition) is 5. The quantitative estimate of drug-likeness (QED) is 0.664. The molecule has 1 saturated heterocycles. The van der Waals surface area contributed by atoms with Crippen LogP contribution in [0, 0.1) is 0 Å². The first-order chi connectivity index (χ1) is 8.61. The summed E-state index contributed by atoms with van der Waals surface area (Å²) in [6, 6.07) is 1.45. The summed E-state index contributed by atoms with van der Waals surface area (Å²) >= 11 is 0. The highest BCUT2D eigenvalue weighted by molar-refractivity contribution is 5.37. The van der Waals surface area contributed by atoms with Gasteiger partial charge in [0.25, 0.3) is 5.56 Å². The summed E-state index contributed by atoms with van der Waals surface area (Å²) in [6.45, 7) is 3.94. The highest BCUT2D eigenvalue weighted by atomic mass is 16.3. The molecule has 2 heterocycles. The van der Waals surface area contributed by atoms with Gasteiger partial charge in [-0.05, 0) is 0 Å². The average molecular weight is 254 g/mol. The Labute approximate surface area is 104 Å². The van der Waals surface area contributed by atoms with Gasteiger partial charge in [-0.2, -0.15) is 0 Å².